The number of rotatable bonds is 1. The molecule has 0 radical (unpaired) electrons. The summed E-state index contributed by atoms with van der Waals surface area (Å²) in [6.07, 6.45) is 9.81. The second-order valence-electron chi connectivity index (χ2n) is 10.2. The van der Waals surface area contributed by atoms with Crippen LogP contribution in [0.15, 0.2) is 36.4 Å². The molecule has 1 fully saturated rings. The number of hydrogen-bond donors (Lipinski definition) is 0. The predicted molar refractivity (Wildman–Crippen MR) is 106 cm³/mol. The Balaban J connectivity index is 2.10. The van der Waals surface area contributed by atoms with Crippen molar-refractivity contribution in [1.82, 2.24) is 0 Å². The van der Waals surface area contributed by atoms with Crippen LogP contribution in [0.2, 0.25) is 0 Å². The lowest BCUT2D eigenvalue weighted by Gasteiger charge is -2.29. The molecule has 2 aliphatic carbocycles. The normalized spacial score (nSPS) is 27.1. The number of hydrogen-bond acceptors (Lipinski definition) is 0. The highest BCUT2D eigenvalue weighted by molar-refractivity contribution is 5.72. The summed E-state index contributed by atoms with van der Waals surface area (Å²) in [4.78, 5) is 0. The first-order valence-corrected chi connectivity index (χ1v) is 9.60. The van der Waals surface area contributed by atoms with Crippen molar-refractivity contribution in [2.75, 3.05) is 0 Å². The van der Waals surface area contributed by atoms with Crippen molar-refractivity contribution in [2.45, 2.75) is 72.1 Å². The van der Waals surface area contributed by atoms with Gasteiger partial charge in [-0.05, 0) is 63.7 Å². The zero-order chi connectivity index (χ0) is 17.7. The van der Waals surface area contributed by atoms with E-state index < -0.39 is 0 Å². The van der Waals surface area contributed by atoms with E-state index in [9.17, 15) is 0 Å². The molecule has 0 N–H and O–H groups in total. The number of benzene rings is 1. The zero-order valence-corrected chi connectivity index (χ0v) is 16.6. The Morgan fingerprint density at radius 1 is 0.833 bits per heavy atom. The van der Waals surface area contributed by atoms with Crippen LogP contribution in [0, 0.1) is 17.8 Å². The fraction of sp³-hybridized carbons (Fsp3) is 0.583. The molecule has 24 heavy (non-hydrogen) atoms. The van der Waals surface area contributed by atoms with Gasteiger partial charge in [-0.1, -0.05) is 84.9 Å². The molecule has 1 aromatic carbocycles. The summed E-state index contributed by atoms with van der Waals surface area (Å²) < 4.78 is 0. The Morgan fingerprint density at radius 2 is 1.42 bits per heavy atom. The SMILES string of the molecule is CC1CC2C=CC=C(c3cc(C(C)(C)C)cc(C(C)(C)C)c3)C2C1. The minimum atomic E-state index is 0.184. The summed E-state index contributed by atoms with van der Waals surface area (Å²) in [6.45, 7) is 16.4. The Labute approximate surface area is 149 Å². The van der Waals surface area contributed by atoms with Crippen molar-refractivity contribution >= 4 is 5.57 Å². The average molecular weight is 323 g/mol. The van der Waals surface area contributed by atoms with Crippen LogP contribution in [0.25, 0.3) is 5.57 Å². The van der Waals surface area contributed by atoms with Gasteiger partial charge in [0.25, 0.3) is 0 Å². The molecular weight excluding hydrogens is 288 g/mol. The van der Waals surface area contributed by atoms with E-state index in [4.69, 9.17) is 0 Å². The van der Waals surface area contributed by atoms with Gasteiger partial charge in [-0.2, -0.15) is 0 Å². The third-order valence-electron chi connectivity index (χ3n) is 5.88. The molecule has 0 spiro atoms. The highest BCUT2D eigenvalue weighted by Gasteiger charge is 2.35. The molecule has 0 aliphatic heterocycles. The van der Waals surface area contributed by atoms with Crippen molar-refractivity contribution in [1.29, 1.82) is 0 Å². The average Bonchev–Trinajstić information content (AvgIpc) is 2.84. The van der Waals surface area contributed by atoms with Crippen molar-refractivity contribution < 1.29 is 0 Å². The quantitative estimate of drug-likeness (QED) is 0.527. The monoisotopic (exact) mass is 322 g/mol. The van der Waals surface area contributed by atoms with Crippen LogP contribution in [-0.2, 0) is 10.8 Å². The van der Waals surface area contributed by atoms with Crippen LogP contribution in [-0.4, -0.2) is 0 Å². The van der Waals surface area contributed by atoms with E-state index >= 15 is 0 Å². The molecule has 0 heterocycles. The fourth-order valence-corrected chi connectivity index (χ4v) is 4.30. The van der Waals surface area contributed by atoms with Gasteiger partial charge in [0.2, 0.25) is 0 Å². The molecular formula is C24H34. The zero-order valence-electron chi connectivity index (χ0n) is 16.6. The third-order valence-corrected chi connectivity index (χ3v) is 5.88. The van der Waals surface area contributed by atoms with Gasteiger partial charge in [0.1, 0.15) is 0 Å². The molecule has 130 valence electrons. The van der Waals surface area contributed by atoms with E-state index in [0.717, 1.165) is 11.8 Å². The van der Waals surface area contributed by atoms with Crippen molar-refractivity contribution in [3.8, 4) is 0 Å². The van der Waals surface area contributed by atoms with Crippen LogP contribution in [0.1, 0.15) is 78.0 Å². The summed E-state index contributed by atoms with van der Waals surface area (Å²) in [5, 5.41) is 0. The summed E-state index contributed by atoms with van der Waals surface area (Å²) in [5.41, 5.74) is 6.32. The first kappa shape index (κ1) is 17.5. The molecule has 0 heteroatoms. The standard InChI is InChI=1S/C24H34/c1-16-11-17-9-8-10-21(22(17)12-16)18-13-19(23(2,3)4)15-20(14-18)24(5,6)7/h8-10,13-17,22H,11-12H2,1-7H3. The van der Waals surface area contributed by atoms with Gasteiger partial charge in [-0.15, -0.1) is 0 Å². The first-order chi connectivity index (χ1) is 11.1. The first-order valence-electron chi connectivity index (χ1n) is 9.60. The summed E-state index contributed by atoms with van der Waals surface area (Å²) in [5.74, 6) is 2.31. The number of allylic oxidation sites excluding steroid dienone is 4. The molecule has 0 nitrogen and oxygen atoms in total. The van der Waals surface area contributed by atoms with E-state index in [1.54, 1.807) is 5.57 Å². The third kappa shape index (κ3) is 3.39. The lowest BCUT2D eigenvalue weighted by atomic mass is 9.75. The molecule has 3 atom stereocenters. The van der Waals surface area contributed by atoms with Crippen LogP contribution in [0.3, 0.4) is 0 Å². The van der Waals surface area contributed by atoms with Gasteiger partial charge in [0.05, 0.1) is 0 Å². The highest BCUT2D eigenvalue weighted by Crippen LogP contribution is 2.47. The molecule has 0 aromatic heterocycles. The van der Waals surface area contributed by atoms with E-state index in [2.05, 4.69) is 84.9 Å². The highest BCUT2D eigenvalue weighted by atomic mass is 14.4. The molecule has 0 bridgehead atoms. The second-order valence-corrected chi connectivity index (χ2v) is 10.2. The molecule has 0 amide bonds. The van der Waals surface area contributed by atoms with Crippen LogP contribution in [0.5, 0.6) is 0 Å². The van der Waals surface area contributed by atoms with Crippen LogP contribution in [0.4, 0.5) is 0 Å². The Morgan fingerprint density at radius 3 is 1.96 bits per heavy atom. The van der Waals surface area contributed by atoms with Gasteiger partial charge in [0, 0.05) is 0 Å². The molecule has 1 aromatic rings. The maximum Gasteiger partial charge on any atom is -0.00903 e. The molecule has 0 saturated heterocycles. The van der Waals surface area contributed by atoms with E-state index in [0.29, 0.717) is 5.92 Å². The maximum absolute atomic E-state index is 2.46. The predicted octanol–water partition coefficient (Wildman–Crippen LogP) is 6.90. The Bertz CT molecular complexity index is 641. The van der Waals surface area contributed by atoms with Crippen molar-refractivity contribution in [3.05, 3.63) is 53.1 Å². The van der Waals surface area contributed by atoms with E-state index in [1.807, 2.05) is 0 Å². The topological polar surface area (TPSA) is 0 Å². The van der Waals surface area contributed by atoms with Crippen LogP contribution >= 0.6 is 0 Å². The van der Waals surface area contributed by atoms with Gasteiger partial charge in [0.15, 0.2) is 0 Å². The van der Waals surface area contributed by atoms with Crippen LogP contribution < -0.4 is 0 Å². The summed E-state index contributed by atoms with van der Waals surface area (Å²) in [7, 11) is 0. The second kappa shape index (κ2) is 5.90. The smallest absolute Gasteiger partial charge is 0.00903 e. The Hall–Kier alpha value is -1.30. The van der Waals surface area contributed by atoms with Crippen molar-refractivity contribution in [3.63, 3.8) is 0 Å². The molecule has 3 unspecified atom stereocenters. The fourth-order valence-electron chi connectivity index (χ4n) is 4.30. The summed E-state index contributed by atoms with van der Waals surface area (Å²) >= 11 is 0. The summed E-state index contributed by atoms with van der Waals surface area (Å²) in [6, 6.07) is 7.35. The van der Waals surface area contributed by atoms with Gasteiger partial charge >= 0.3 is 0 Å². The molecule has 3 rings (SSSR count). The van der Waals surface area contributed by atoms with Gasteiger partial charge in [-0.25, -0.2) is 0 Å². The van der Waals surface area contributed by atoms with Gasteiger partial charge in [-0.3, -0.25) is 0 Å². The Kier molecular flexibility index (Phi) is 4.31. The molecule has 1 saturated carbocycles. The minimum absolute atomic E-state index is 0.184. The lowest BCUT2D eigenvalue weighted by molar-refractivity contribution is 0.560. The van der Waals surface area contributed by atoms with Gasteiger partial charge < -0.3 is 0 Å². The lowest BCUT2D eigenvalue weighted by Crippen LogP contribution is -2.18. The maximum atomic E-state index is 2.46. The number of fused-ring (bicyclic) bond motifs is 1. The minimum Gasteiger partial charge on any atom is -0.0808 e. The van der Waals surface area contributed by atoms with Crippen molar-refractivity contribution in [2.24, 2.45) is 17.8 Å². The van der Waals surface area contributed by atoms with E-state index in [-0.39, 0.29) is 10.8 Å². The van der Waals surface area contributed by atoms with E-state index in [1.165, 1.54) is 29.5 Å². The largest absolute Gasteiger partial charge is 0.0808 e. The molecule has 2 aliphatic rings.